The van der Waals surface area contributed by atoms with Gasteiger partial charge in [0.1, 0.15) is 0 Å². The highest BCUT2D eigenvalue weighted by atomic mass is 16.5. The summed E-state index contributed by atoms with van der Waals surface area (Å²) in [4.78, 5) is 15.2. The quantitative estimate of drug-likeness (QED) is 0.464. The van der Waals surface area contributed by atoms with Gasteiger partial charge in [-0.05, 0) is 48.9 Å². The second-order valence-corrected chi connectivity index (χ2v) is 7.86. The molecular formula is C26H23N3O3. The highest BCUT2D eigenvalue weighted by molar-refractivity contribution is 5.95. The maximum atomic E-state index is 13.3. The fourth-order valence-corrected chi connectivity index (χ4v) is 3.95. The summed E-state index contributed by atoms with van der Waals surface area (Å²) >= 11 is 0. The van der Waals surface area contributed by atoms with E-state index in [1.807, 2.05) is 90.7 Å². The number of rotatable bonds is 4. The Bertz CT molecular complexity index is 1220. The fraction of sp³-hybridized carbons (Fsp3) is 0.192. The lowest BCUT2D eigenvalue weighted by Crippen LogP contribution is -2.43. The molecule has 1 aliphatic heterocycles. The van der Waals surface area contributed by atoms with Gasteiger partial charge in [0.25, 0.3) is 5.91 Å². The molecule has 0 aliphatic carbocycles. The molecule has 0 bridgehead atoms. The molecule has 2 heterocycles. The molecule has 1 aromatic heterocycles. The SMILES string of the molecule is Cc1cccc(-c2nnc(-c3ccc(C(=O)N4CCOCC4c4ccccc4)cc3)o2)c1. The summed E-state index contributed by atoms with van der Waals surface area (Å²) in [6, 6.07) is 25.2. The zero-order valence-electron chi connectivity index (χ0n) is 17.8. The van der Waals surface area contributed by atoms with E-state index in [0.717, 1.165) is 22.3 Å². The molecule has 32 heavy (non-hydrogen) atoms. The number of aryl methyl sites for hydroxylation is 1. The van der Waals surface area contributed by atoms with Gasteiger partial charge in [-0.1, -0.05) is 48.0 Å². The van der Waals surface area contributed by atoms with Gasteiger partial charge in [-0.2, -0.15) is 0 Å². The number of hydrogen-bond donors (Lipinski definition) is 0. The van der Waals surface area contributed by atoms with Gasteiger partial charge in [0.15, 0.2) is 0 Å². The predicted molar refractivity (Wildman–Crippen MR) is 121 cm³/mol. The summed E-state index contributed by atoms with van der Waals surface area (Å²) < 4.78 is 11.5. The largest absolute Gasteiger partial charge is 0.416 e. The summed E-state index contributed by atoms with van der Waals surface area (Å²) in [5.74, 6) is 0.886. The summed E-state index contributed by atoms with van der Waals surface area (Å²) in [6.45, 7) is 3.62. The van der Waals surface area contributed by atoms with E-state index < -0.39 is 0 Å². The number of aromatic nitrogens is 2. The summed E-state index contributed by atoms with van der Waals surface area (Å²) in [6.07, 6.45) is 0. The third-order valence-electron chi connectivity index (χ3n) is 5.64. The Labute approximate surface area is 186 Å². The molecule has 1 amide bonds. The third-order valence-corrected chi connectivity index (χ3v) is 5.64. The van der Waals surface area contributed by atoms with Crippen molar-refractivity contribution in [3.05, 3.63) is 95.6 Å². The van der Waals surface area contributed by atoms with Crippen molar-refractivity contribution in [3.8, 4) is 22.9 Å². The minimum Gasteiger partial charge on any atom is -0.416 e. The van der Waals surface area contributed by atoms with Crippen LogP contribution in [0.25, 0.3) is 22.9 Å². The molecule has 1 atom stereocenters. The average molecular weight is 425 g/mol. The highest BCUT2D eigenvalue weighted by Gasteiger charge is 2.29. The number of morpholine rings is 1. The topological polar surface area (TPSA) is 68.5 Å². The molecule has 1 unspecified atom stereocenters. The number of amides is 1. The van der Waals surface area contributed by atoms with Crippen LogP contribution in [0.1, 0.15) is 27.5 Å². The van der Waals surface area contributed by atoms with Crippen LogP contribution in [-0.4, -0.2) is 40.8 Å². The number of carbonyl (C=O) groups is 1. The second kappa shape index (κ2) is 8.77. The zero-order chi connectivity index (χ0) is 21.9. The first kappa shape index (κ1) is 20.2. The van der Waals surface area contributed by atoms with E-state index in [-0.39, 0.29) is 11.9 Å². The molecule has 1 aliphatic rings. The van der Waals surface area contributed by atoms with Crippen molar-refractivity contribution >= 4 is 5.91 Å². The van der Waals surface area contributed by atoms with Gasteiger partial charge in [-0.3, -0.25) is 4.79 Å². The van der Waals surface area contributed by atoms with Crippen molar-refractivity contribution in [1.29, 1.82) is 0 Å². The van der Waals surface area contributed by atoms with Crippen molar-refractivity contribution < 1.29 is 13.9 Å². The van der Waals surface area contributed by atoms with Gasteiger partial charge in [0, 0.05) is 23.2 Å². The number of nitrogens with zero attached hydrogens (tertiary/aromatic N) is 3. The maximum absolute atomic E-state index is 13.3. The first-order valence-corrected chi connectivity index (χ1v) is 10.6. The second-order valence-electron chi connectivity index (χ2n) is 7.86. The van der Waals surface area contributed by atoms with E-state index in [1.165, 1.54) is 0 Å². The number of ether oxygens (including phenoxy) is 1. The van der Waals surface area contributed by atoms with Crippen LogP contribution >= 0.6 is 0 Å². The Morgan fingerprint density at radius 2 is 1.66 bits per heavy atom. The summed E-state index contributed by atoms with van der Waals surface area (Å²) in [5.41, 5.74) is 4.48. The van der Waals surface area contributed by atoms with Crippen molar-refractivity contribution in [2.24, 2.45) is 0 Å². The molecule has 5 rings (SSSR count). The number of benzene rings is 3. The van der Waals surface area contributed by atoms with E-state index >= 15 is 0 Å². The Kier molecular flexibility index (Phi) is 5.52. The monoisotopic (exact) mass is 425 g/mol. The van der Waals surface area contributed by atoms with Gasteiger partial charge in [-0.25, -0.2) is 0 Å². The minimum absolute atomic E-state index is 0.0142. The van der Waals surface area contributed by atoms with Gasteiger partial charge in [0.05, 0.1) is 19.3 Å². The molecule has 0 saturated carbocycles. The van der Waals surface area contributed by atoms with Crippen molar-refractivity contribution in [2.75, 3.05) is 19.8 Å². The lowest BCUT2D eigenvalue weighted by molar-refractivity contribution is -0.00269. The van der Waals surface area contributed by atoms with E-state index in [2.05, 4.69) is 10.2 Å². The van der Waals surface area contributed by atoms with Crippen LogP contribution in [-0.2, 0) is 4.74 Å². The third kappa shape index (κ3) is 4.05. The Morgan fingerprint density at radius 1 is 0.906 bits per heavy atom. The molecule has 4 aromatic rings. The highest BCUT2D eigenvalue weighted by Crippen LogP contribution is 2.28. The molecule has 160 valence electrons. The van der Waals surface area contributed by atoms with Gasteiger partial charge >= 0.3 is 0 Å². The van der Waals surface area contributed by atoms with E-state index in [1.54, 1.807) is 0 Å². The fourth-order valence-electron chi connectivity index (χ4n) is 3.95. The van der Waals surface area contributed by atoms with Crippen LogP contribution in [0.2, 0.25) is 0 Å². The zero-order valence-corrected chi connectivity index (χ0v) is 17.8. The van der Waals surface area contributed by atoms with E-state index in [0.29, 0.717) is 37.1 Å². The number of hydrogen-bond acceptors (Lipinski definition) is 5. The molecule has 3 aromatic carbocycles. The van der Waals surface area contributed by atoms with Crippen LogP contribution in [0.4, 0.5) is 0 Å². The lowest BCUT2D eigenvalue weighted by atomic mass is 10.0. The molecule has 6 heteroatoms. The molecule has 0 N–H and O–H groups in total. The smallest absolute Gasteiger partial charge is 0.254 e. The number of carbonyl (C=O) groups excluding carboxylic acids is 1. The predicted octanol–water partition coefficient (Wildman–Crippen LogP) is 4.93. The summed E-state index contributed by atoms with van der Waals surface area (Å²) in [7, 11) is 0. The summed E-state index contributed by atoms with van der Waals surface area (Å²) in [5, 5.41) is 8.35. The van der Waals surface area contributed by atoms with E-state index in [9.17, 15) is 4.79 Å². The van der Waals surface area contributed by atoms with Gasteiger partial charge in [-0.15, -0.1) is 10.2 Å². The van der Waals surface area contributed by atoms with Crippen LogP contribution in [0.15, 0.2) is 83.3 Å². The van der Waals surface area contributed by atoms with Crippen LogP contribution < -0.4 is 0 Å². The van der Waals surface area contributed by atoms with E-state index in [4.69, 9.17) is 9.15 Å². The van der Waals surface area contributed by atoms with Crippen LogP contribution in [0.5, 0.6) is 0 Å². The molecule has 0 spiro atoms. The van der Waals surface area contributed by atoms with Crippen molar-refractivity contribution in [2.45, 2.75) is 13.0 Å². The lowest BCUT2D eigenvalue weighted by Gasteiger charge is -2.36. The Hall–Kier alpha value is -3.77. The Balaban J connectivity index is 1.36. The maximum Gasteiger partial charge on any atom is 0.254 e. The Morgan fingerprint density at radius 3 is 2.41 bits per heavy atom. The molecule has 6 nitrogen and oxygen atoms in total. The van der Waals surface area contributed by atoms with Gasteiger partial charge < -0.3 is 14.1 Å². The average Bonchev–Trinajstić information content (AvgIpc) is 3.35. The van der Waals surface area contributed by atoms with Gasteiger partial charge in [0.2, 0.25) is 11.8 Å². The standard InChI is InChI=1S/C26H23N3O3/c1-18-6-5-9-22(16-18)25-28-27-24(32-25)20-10-12-21(13-11-20)26(30)29-14-15-31-17-23(29)19-7-3-2-4-8-19/h2-13,16,23H,14-15,17H2,1H3. The van der Waals surface area contributed by atoms with Crippen molar-refractivity contribution in [1.82, 2.24) is 15.1 Å². The van der Waals surface area contributed by atoms with Crippen molar-refractivity contribution in [3.63, 3.8) is 0 Å². The molecule has 1 saturated heterocycles. The van der Waals surface area contributed by atoms with Crippen LogP contribution in [0, 0.1) is 6.92 Å². The first-order chi connectivity index (χ1) is 15.7. The first-order valence-electron chi connectivity index (χ1n) is 10.6. The molecule has 1 fully saturated rings. The molecular weight excluding hydrogens is 402 g/mol. The molecule has 0 radical (unpaired) electrons. The van der Waals surface area contributed by atoms with Crippen LogP contribution in [0.3, 0.4) is 0 Å². The minimum atomic E-state index is -0.0926. The normalized spacial score (nSPS) is 16.2.